The third kappa shape index (κ3) is 8.22. The Morgan fingerprint density at radius 1 is 0.690 bits per heavy atom. The molecule has 2 aliphatic rings. The average molecular weight is 791 g/mol. The van der Waals surface area contributed by atoms with Gasteiger partial charge in [-0.2, -0.15) is 0 Å². The summed E-state index contributed by atoms with van der Waals surface area (Å²) >= 11 is 0. The number of amides is 4. The number of carbonyl (C=O) groups excluding carboxylic acids is 4. The van der Waals surface area contributed by atoms with Gasteiger partial charge in [0.15, 0.2) is 0 Å². The lowest BCUT2D eigenvalue weighted by molar-refractivity contribution is -0.136. The number of aromatic amines is 2. The van der Waals surface area contributed by atoms with Crippen LogP contribution in [-0.4, -0.2) is 103 Å². The molecule has 4 atom stereocenters. The highest BCUT2D eigenvalue weighted by Gasteiger charge is 2.39. The molecule has 0 unspecified atom stereocenters. The van der Waals surface area contributed by atoms with Crippen LogP contribution in [-0.2, 0) is 19.1 Å². The number of H-pyrrole nitrogens is 2. The second-order valence-electron chi connectivity index (χ2n) is 15.5. The number of fused-ring (bicyclic) bond motifs is 1. The number of hydrogen-bond acceptors (Lipinski definition) is 10. The summed E-state index contributed by atoms with van der Waals surface area (Å²) in [5.74, 6) is 0.872. The van der Waals surface area contributed by atoms with E-state index >= 15 is 0 Å². The van der Waals surface area contributed by atoms with E-state index in [4.69, 9.17) is 14.5 Å². The summed E-state index contributed by atoms with van der Waals surface area (Å²) in [4.78, 5) is 71.0. The lowest BCUT2D eigenvalue weighted by Gasteiger charge is -2.30. The van der Waals surface area contributed by atoms with E-state index in [0.29, 0.717) is 30.4 Å². The number of likely N-dealkylation sites (tertiary alicyclic amines) is 2. The number of aromatic nitrogens is 6. The first kappa shape index (κ1) is 39.9. The van der Waals surface area contributed by atoms with Gasteiger partial charge in [0, 0.05) is 24.2 Å². The molecule has 0 spiro atoms. The Morgan fingerprint density at radius 3 is 1.74 bits per heavy atom. The van der Waals surface area contributed by atoms with Gasteiger partial charge in [-0.1, -0.05) is 58.0 Å². The molecule has 16 nitrogen and oxygen atoms in total. The van der Waals surface area contributed by atoms with E-state index in [1.165, 1.54) is 14.2 Å². The molecule has 304 valence electrons. The minimum Gasteiger partial charge on any atom is -0.453 e. The third-order valence-electron chi connectivity index (χ3n) is 11.0. The first-order chi connectivity index (χ1) is 27.9. The fourth-order valence-corrected chi connectivity index (χ4v) is 7.84. The van der Waals surface area contributed by atoms with Crippen molar-refractivity contribution in [1.82, 2.24) is 50.6 Å². The van der Waals surface area contributed by atoms with Gasteiger partial charge in [0.25, 0.3) is 0 Å². The predicted molar refractivity (Wildman–Crippen MR) is 216 cm³/mol. The minimum absolute atomic E-state index is 0.113. The summed E-state index contributed by atoms with van der Waals surface area (Å²) < 4.78 is 9.51. The minimum atomic E-state index is -0.704. The van der Waals surface area contributed by atoms with E-state index in [-0.39, 0.29) is 35.7 Å². The highest BCUT2D eigenvalue weighted by molar-refractivity contribution is 5.87. The maximum absolute atomic E-state index is 13.6. The molecule has 58 heavy (non-hydrogen) atoms. The number of ether oxygens (including phenoxy) is 2. The van der Waals surface area contributed by atoms with Crippen molar-refractivity contribution in [3.05, 3.63) is 72.4 Å². The third-order valence-corrected chi connectivity index (χ3v) is 11.0. The molecule has 0 radical (unpaired) electrons. The van der Waals surface area contributed by atoms with Crippen LogP contribution in [0.2, 0.25) is 0 Å². The summed E-state index contributed by atoms with van der Waals surface area (Å²) in [5, 5.41) is 14.5. The number of nitrogens with zero attached hydrogens (tertiary/aromatic N) is 6. The lowest BCUT2D eigenvalue weighted by Crippen LogP contribution is -2.51. The van der Waals surface area contributed by atoms with E-state index in [9.17, 15) is 19.2 Å². The van der Waals surface area contributed by atoms with Gasteiger partial charge in [-0.25, -0.2) is 19.6 Å². The number of rotatable bonds is 11. The Kier molecular flexibility index (Phi) is 11.7. The topological polar surface area (TPSA) is 200 Å². The van der Waals surface area contributed by atoms with Crippen LogP contribution in [0.1, 0.15) is 77.1 Å². The Balaban J connectivity index is 1.02. The predicted octanol–water partition coefficient (Wildman–Crippen LogP) is 6.17. The molecule has 7 rings (SSSR count). The zero-order chi connectivity index (χ0) is 41.1. The maximum atomic E-state index is 13.6. The van der Waals surface area contributed by atoms with E-state index in [0.717, 1.165) is 64.8 Å². The molecule has 4 N–H and O–H groups in total. The molecule has 2 aromatic carbocycles. The second-order valence-corrected chi connectivity index (χ2v) is 15.5. The molecule has 2 aliphatic heterocycles. The van der Waals surface area contributed by atoms with Gasteiger partial charge in [0.2, 0.25) is 11.8 Å². The Morgan fingerprint density at radius 2 is 1.21 bits per heavy atom. The number of hydrogen-bond donors (Lipinski definition) is 4. The van der Waals surface area contributed by atoms with E-state index in [1.807, 2.05) is 82.3 Å². The lowest BCUT2D eigenvalue weighted by atomic mass is 10.0. The molecule has 2 fully saturated rings. The summed E-state index contributed by atoms with van der Waals surface area (Å²) in [5.41, 5.74) is 6.54. The van der Waals surface area contributed by atoms with Crippen molar-refractivity contribution in [3.8, 4) is 33.8 Å². The maximum Gasteiger partial charge on any atom is 0.407 e. The molecule has 0 saturated carbocycles. The van der Waals surface area contributed by atoms with Gasteiger partial charge >= 0.3 is 12.2 Å². The van der Waals surface area contributed by atoms with Crippen molar-refractivity contribution in [1.29, 1.82) is 0 Å². The number of nitrogens with one attached hydrogen (secondary N) is 4. The van der Waals surface area contributed by atoms with Crippen molar-refractivity contribution in [3.63, 3.8) is 0 Å². The van der Waals surface area contributed by atoms with E-state index < -0.39 is 24.3 Å². The fourth-order valence-electron chi connectivity index (χ4n) is 7.84. The smallest absolute Gasteiger partial charge is 0.407 e. The molecule has 4 amide bonds. The van der Waals surface area contributed by atoms with Crippen LogP contribution < -0.4 is 10.6 Å². The molecule has 2 saturated heterocycles. The molecule has 16 heteroatoms. The first-order valence-corrected chi connectivity index (χ1v) is 19.7. The number of alkyl carbamates (subject to hydrolysis) is 2. The molecule has 3 aromatic heterocycles. The average Bonchev–Trinajstić information content (AvgIpc) is 4.07. The first-order valence-electron chi connectivity index (χ1n) is 19.7. The monoisotopic (exact) mass is 790 g/mol. The van der Waals surface area contributed by atoms with Crippen LogP contribution in [0.25, 0.3) is 44.8 Å². The normalized spacial score (nSPS) is 17.8. The molecular formula is C42H50N10O6. The summed E-state index contributed by atoms with van der Waals surface area (Å²) in [6.45, 7) is 8.74. The molecular weight excluding hydrogens is 741 g/mol. The summed E-state index contributed by atoms with van der Waals surface area (Å²) in [6, 6.07) is 15.9. The van der Waals surface area contributed by atoms with Crippen LogP contribution in [0, 0.1) is 11.8 Å². The van der Waals surface area contributed by atoms with Crippen LogP contribution >= 0.6 is 0 Å². The molecule has 0 aliphatic carbocycles. The zero-order valence-corrected chi connectivity index (χ0v) is 33.6. The van der Waals surface area contributed by atoms with Crippen LogP contribution in [0.5, 0.6) is 0 Å². The quantitative estimate of drug-likeness (QED) is 0.120. The SMILES string of the molecule is COC(=O)N[C@H](C(=O)N1CCC[C@H]1c1ncc(-c2ccc(-c3ccc(-c4ccc5[nH]c([C@@H]6CCCN6C(=O)[C@@H](NC(=O)OC)C(C)C)nc5c4)nn3)cc2)[nH]1)C(C)C. The molecule has 5 aromatic rings. The Hall–Kier alpha value is -6.32. The highest BCUT2D eigenvalue weighted by atomic mass is 16.5. The van der Waals surface area contributed by atoms with Gasteiger partial charge in [0.05, 0.1) is 60.6 Å². The van der Waals surface area contributed by atoms with Crippen LogP contribution in [0.3, 0.4) is 0 Å². The van der Waals surface area contributed by atoms with Gasteiger partial charge in [0.1, 0.15) is 23.7 Å². The van der Waals surface area contributed by atoms with Gasteiger partial charge < -0.3 is 39.9 Å². The van der Waals surface area contributed by atoms with Crippen molar-refractivity contribution >= 4 is 35.0 Å². The zero-order valence-electron chi connectivity index (χ0n) is 33.6. The summed E-state index contributed by atoms with van der Waals surface area (Å²) in [7, 11) is 2.57. The van der Waals surface area contributed by atoms with Gasteiger partial charge in [-0.15, -0.1) is 10.2 Å². The largest absolute Gasteiger partial charge is 0.453 e. The number of methoxy groups -OCH3 is 2. The Bertz CT molecular complexity index is 2270. The highest BCUT2D eigenvalue weighted by Crippen LogP contribution is 2.35. The second kappa shape index (κ2) is 17.0. The van der Waals surface area contributed by atoms with Crippen molar-refractivity contribution in [2.45, 2.75) is 77.5 Å². The van der Waals surface area contributed by atoms with Crippen LogP contribution in [0.15, 0.2) is 60.8 Å². The molecule has 5 heterocycles. The number of carbonyl (C=O) groups is 4. The summed E-state index contributed by atoms with van der Waals surface area (Å²) in [6.07, 6.45) is 3.71. The number of benzene rings is 2. The molecule has 0 bridgehead atoms. The standard InChI is InChI=1S/C42H50N10O6/c1-23(2)35(47-41(55)57-5)39(53)51-19-7-9-33(51)37-43-22-32(46-37)26-13-11-25(12-14-26)28-17-18-29(50-49-28)27-15-16-30-31(21-27)45-38(44-30)34-10-8-20-52(34)40(54)36(24(3)4)48-42(56)58-6/h11-18,21-24,33-36H,7-10,19-20H2,1-6H3,(H,43,46)(H,44,45)(H,47,55)(H,48,56)/t33-,34-,35-,36-/m0/s1. The van der Waals surface area contributed by atoms with Gasteiger partial charge in [-0.05, 0) is 67.3 Å². The van der Waals surface area contributed by atoms with Crippen molar-refractivity contribution in [2.75, 3.05) is 27.3 Å². The number of imidazole rings is 2. The van der Waals surface area contributed by atoms with E-state index in [1.54, 1.807) is 16.0 Å². The fraction of sp³-hybridized carbons (Fsp3) is 0.429. The van der Waals surface area contributed by atoms with Gasteiger partial charge in [-0.3, -0.25) is 9.59 Å². The van der Waals surface area contributed by atoms with Crippen molar-refractivity contribution < 1.29 is 28.7 Å². The van der Waals surface area contributed by atoms with E-state index in [2.05, 4.69) is 35.8 Å². The van der Waals surface area contributed by atoms with Crippen molar-refractivity contribution in [2.24, 2.45) is 11.8 Å². The Labute approximate surface area is 336 Å². The van der Waals surface area contributed by atoms with Crippen LogP contribution in [0.4, 0.5) is 9.59 Å².